The van der Waals surface area contributed by atoms with Crippen LogP contribution in [0.3, 0.4) is 0 Å². The number of pyridine rings is 2. The average Bonchev–Trinajstić information content (AvgIpc) is 2.93. The van der Waals surface area contributed by atoms with Gasteiger partial charge in [0.1, 0.15) is 0 Å². The number of hydrogen-bond acceptors (Lipinski definition) is 5. The molecule has 2 N–H and O–H groups in total. The molecule has 35 heavy (non-hydrogen) atoms. The van der Waals surface area contributed by atoms with E-state index in [1.807, 2.05) is 48.7 Å². The van der Waals surface area contributed by atoms with E-state index < -0.39 is 0 Å². The first kappa shape index (κ1) is 26.2. The van der Waals surface area contributed by atoms with E-state index in [2.05, 4.69) is 34.2 Å². The van der Waals surface area contributed by atoms with Crippen molar-refractivity contribution in [3.63, 3.8) is 0 Å². The number of ether oxygens (including phenoxy) is 1. The van der Waals surface area contributed by atoms with Crippen molar-refractivity contribution in [3.8, 4) is 28.3 Å². The molecule has 6 heteroatoms. The van der Waals surface area contributed by atoms with E-state index in [1.165, 1.54) is 10.8 Å². The minimum Gasteiger partial charge on any atom is -0.540 e. The van der Waals surface area contributed by atoms with Gasteiger partial charge in [0.15, 0.2) is 0 Å². The molecule has 0 amide bonds. The van der Waals surface area contributed by atoms with Crippen LogP contribution in [0.4, 0.5) is 0 Å². The second kappa shape index (κ2) is 12.9. The third-order valence-corrected chi connectivity index (χ3v) is 5.30. The second-order valence-corrected chi connectivity index (χ2v) is 7.46. The molecule has 5 nitrogen and oxygen atoms in total. The summed E-state index contributed by atoms with van der Waals surface area (Å²) in [5.74, 6) is 0.640. The van der Waals surface area contributed by atoms with Crippen molar-refractivity contribution in [3.05, 3.63) is 115 Å². The van der Waals surface area contributed by atoms with E-state index in [1.54, 1.807) is 37.6 Å². The molecule has 0 aliphatic carbocycles. The summed E-state index contributed by atoms with van der Waals surface area (Å²) in [5, 5.41) is 20.9. The molecule has 0 atom stereocenters. The van der Waals surface area contributed by atoms with Crippen LogP contribution in [0.5, 0.6) is 5.75 Å². The first-order valence-electron chi connectivity index (χ1n) is 10.8. The number of hydrogen-bond donors (Lipinski definition) is 2. The molecule has 0 unspecified atom stereocenters. The molecule has 0 aliphatic rings. The maximum absolute atomic E-state index is 9.37. The fourth-order valence-electron chi connectivity index (χ4n) is 3.59. The summed E-state index contributed by atoms with van der Waals surface area (Å²) in [7, 11) is 1.56. The smallest absolute Gasteiger partial charge is 0.540 e. The Balaban J connectivity index is 0.000000191. The maximum Gasteiger partial charge on any atom is 2.00 e. The first-order valence-corrected chi connectivity index (χ1v) is 10.8. The SMILES string of the molecule is COc1c[c-]c(-c2cc(CO)ccn2)c(CO)c1.[Pt+2].[c-]1ccccc1-c1nccc2ccccc12. The monoisotopic (exact) mass is 643 g/mol. The van der Waals surface area contributed by atoms with Crippen molar-refractivity contribution >= 4 is 10.8 Å². The van der Waals surface area contributed by atoms with Gasteiger partial charge in [0.2, 0.25) is 0 Å². The molecule has 0 fully saturated rings. The molecule has 5 rings (SSSR count). The number of fused-ring (bicyclic) bond motifs is 1. The van der Waals surface area contributed by atoms with Crippen LogP contribution < -0.4 is 4.74 Å². The number of nitrogens with zero attached hydrogens (tertiary/aromatic N) is 2. The molecule has 2 aromatic heterocycles. The fraction of sp³-hybridized carbons (Fsp3) is 0.103. The van der Waals surface area contributed by atoms with Crippen molar-refractivity contribution in [1.29, 1.82) is 0 Å². The molecule has 0 spiro atoms. The van der Waals surface area contributed by atoms with E-state index in [0.29, 0.717) is 22.6 Å². The quantitative estimate of drug-likeness (QED) is 0.257. The zero-order valence-corrected chi connectivity index (χ0v) is 21.4. The molecular weight excluding hydrogens is 619 g/mol. The number of rotatable bonds is 5. The molecule has 0 bridgehead atoms. The number of benzene rings is 3. The van der Waals surface area contributed by atoms with Crippen molar-refractivity contribution in [2.75, 3.05) is 7.11 Å². The molecule has 0 radical (unpaired) electrons. The maximum atomic E-state index is 9.37. The predicted molar refractivity (Wildman–Crippen MR) is 133 cm³/mol. The van der Waals surface area contributed by atoms with Crippen LogP contribution >= 0.6 is 0 Å². The summed E-state index contributed by atoms with van der Waals surface area (Å²) in [6, 6.07) is 31.5. The van der Waals surface area contributed by atoms with Gasteiger partial charge >= 0.3 is 21.1 Å². The topological polar surface area (TPSA) is 75.5 Å². The van der Waals surface area contributed by atoms with Crippen LogP contribution in [0.25, 0.3) is 33.3 Å². The van der Waals surface area contributed by atoms with Crippen LogP contribution in [0.15, 0.2) is 91.3 Å². The molecule has 5 aromatic rings. The zero-order chi connectivity index (χ0) is 23.8. The van der Waals surface area contributed by atoms with E-state index in [0.717, 1.165) is 16.8 Å². The Morgan fingerprint density at radius 1 is 0.857 bits per heavy atom. The minimum atomic E-state index is -0.117. The van der Waals surface area contributed by atoms with Crippen LogP contribution in [-0.4, -0.2) is 27.3 Å². The van der Waals surface area contributed by atoms with E-state index in [-0.39, 0.29) is 34.3 Å². The van der Waals surface area contributed by atoms with E-state index >= 15 is 0 Å². The summed E-state index contributed by atoms with van der Waals surface area (Å²) in [5.41, 5.74) is 4.89. The fourth-order valence-corrected chi connectivity index (χ4v) is 3.59. The summed E-state index contributed by atoms with van der Waals surface area (Å²) in [6.07, 6.45) is 3.47. The van der Waals surface area contributed by atoms with Gasteiger partial charge in [-0.05, 0) is 39.9 Å². The second-order valence-electron chi connectivity index (χ2n) is 7.46. The summed E-state index contributed by atoms with van der Waals surface area (Å²) >= 11 is 0. The van der Waals surface area contributed by atoms with Crippen molar-refractivity contribution < 1.29 is 36.0 Å². The molecule has 0 saturated carbocycles. The normalized spacial score (nSPS) is 10.1. The van der Waals surface area contributed by atoms with Crippen LogP contribution in [0, 0.1) is 12.1 Å². The van der Waals surface area contributed by atoms with E-state index in [9.17, 15) is 5.11 Å². The third kappa shape index (κ3) is 6.40. The Bertz CT molecular complexity index is 1370. The van der Waals surface area contributed by atoms with Crippen LogP contribution in [-0.2, 0) is 34.3 Å². The number of aliphatic hydroxyl groups is 2. The van der Waals surface area contributed by atoms with Gasteiger partial charge in [-0.2, -0.15) is 0 Å². The van der Waals surface area contributed by atoms with Gasteiger partial charge in [0.05, 0.1) is 13.7 Å². The Morgan fingerprint density at radius 3 is 2.40 bits per heavy atom. The number of aromatic nitrogens is 2. The molecule has 2 heterocycles. The number of aliphatic hydroxyl groups excluding tert-OH is 2. The van der Waals surface area contributed by atoms with Gasteiger partial charge in [-0.15, -0.1) is 53.6 Å². The van der Waals surface area contributed by atoms with Crippen molar-refractivity contribution in [2.24, 2.45) is 0 Å². The zero-order valence-electron chi connectivity index (χ0n) is 19.1. The molecule has 0 saturated heterocycles. The Morgan fingerprint density at radius 2 is 1.66 bits per heavy atom. The van der Waals surface area contributed by atoms with Gasteiger partial charge in [0.25, 0.3) is 0 Å². The average molecular weight is 644 g/mol. The van der Waals surface area contributed by atoms with Crippen molar-refractivity contribution in [2.45, 2.75) is 13.2 Å². The molecule has 178 valence electrons. The Labute approximate surface area is 219 Å². The predicted octanol–water partition coefficient (Wildman–Crippen LogP) is 5.24. The molecule has 0 aliphatic heterocycles. The minimum absolute atomic E-state index is 0. The molecular formula is C29H24N2O3Pt. The first-order chi connectivity index (χ1) is 16.7. The van der Waals surface area contributed by atoms with Gasteiger partial charge in [-0.1, -0.05) is 42.0 Å². The largest absolute Gasteiger partial charge is 2.00 e. The Hall–Kier alpha value is -3.37. The third-order valence-electron chi connectivity index (χ3n) is 5.30. The van der Waals surface area contributed by atoms with Crippen LogP contribution in [0.2, 0.25) is 0 Å². The molecule has 3 aromatic carbocycles. The Kier molecular flexibility index (Phi) is 9.68. The van der Waals surface area contributed by atoms with Gasteiger partial charge in [-0.3, -0.25) is 0 Å². The van der Waals surface area contributed by atoms with Crippen LogP contribution in [0.1, 0.15) is 11.1 Å². The summed E-state index contributed by atoms with van der Waals surface area (Å²) in [6.45, 7) is -0.159. The van der Waals surface area contributed by atoms with Gasteiger partial charge in [-0.25, -0.2) is 0 Å². The van der Waals surface area contributed by atoms with Crippen molar-refractivity contribution in [1.82, 2.24) is 9.97 Å². The summed E-state index contributed by atoms with van der Waals surface area (Å²) in [4.78, 5) is 8.67. The standard InChI is InChI=1S/C15H10N.C14H14NO3.Pt/c1-2-7-13(8-3-1)15-14-9-5-4-6-12(14)10-11-16-15;1-18-12-2-3-13(11(7-12)9-17)14-6-10(8-16)4-5-15-14;/h1-7,9-11H;2,4-7,16-17H,8-9H2,1H3;/q2*-1;+2. The number of methoxy groups -OCH3 is 1. The van der Waals surface area contributed by atoms with Gasteiger partial charge < -0.3 is 24.9 Å². The summed E-state index contributed by atoms with van der Waals surface area (Å²) < 4.78 is 5.09. The van der Waals surface area contributed by atoms with Gasteiger partial charge in [0, 0.05) is 24.8 Å². The van der Waals surface area contributed by atoms with E-state index in [4.69, 9.17) is 9.84 Å².